The molecule has 5 heteroatoms. The summed E-state index contributed by atoms with van der Waals surface area (Å²) in [4.78, 5) is 8.36. The monoisotopic (exact) mass is 268 g/mol. The summed E-state index contributed by atoms with van der Waals surface area (Å²) in [6.07, 6.45) is 8.16. The van der Waals surface area contributed by atoms with Gasteiger partial charge in [-0.2, -0.15) is 5.26 Å². The molecule has 0 saturated heterocycles. The molecule has 0 bridgehead atoms. The van der Waals surface area contributed by atoms with Gasteiger partial charge in [0.1, 0.15) is 29.5 Å². The van der Waals surface area contributed by atoms with Crippen LogP contribution in [-0.4, -0.2) is 16.5 Å². The van der Waals surface area contributed by atoms with Crippen LogP contribution in [0.3, 0.4) is 0 Å². The Kier molecular flexibility index (Phi) is 3.64. The van der Waals surface area contributed by atoms with Gasteiger partial charge in [0.2, 0.25) is 0 Å². The number of hydrogen-bond donors (Lipinski definition) is 1. The number of nitrogens with one attached hydrogen (secondary N) is 1. The molecule has 20 heavy (non-hydrogen) atoms. The van der Waals surface area contributed by atoms with Crippen molar-refractivity contribution in [1.29, 1.82) is 5.26 Å². The predicted molar refractivity (Wildman–Crippen MR) is 74.9 cm³/mol. The van der Waals surface area contributed by atoms with E-state index >= 15 is 0 Å². The predicted octanol–water partition coefficient (Wildman–Crippen LogP) is 3.21. The number of aromatic nitrogens is 2. The van der Waals surface area contributed by atoms with Gasteiger partial charge < -0.3 is 9.73 Å². The minimum absolute atomic E-state index is 0.445. The molecule has 1 fully saturated rings. The second-order valence-corrected chi connectivity index (χ2v) is 5.07. The molecular formula is C15H16N4O. The summed E-state index contributed by atoms with van der Waals surface area (Å²) >= 11 is 0. The van der Waals surface area contributed by atoms with Crippen molar-refractivity contribution in [2.24, 2.45) is 5.92 Å². The Morgan fingerprint density at radius 3 is 2.90 bits per heavy atom. The van der Waals surface area contributed by atoms with Crippen LogP contribution in [0.4, 0.5) is 5.82 Å². The largest absolute Gasteiger partial charge is 0.463 e. The normalized spacial score (nSPS) is 15.2. The van der Waals surface area contributed by atoms with E-state index in [1.165, 1.54) is 32.0 Å². The van der Waals surface area contributed by atoms with Crippen LogP contribution in [0.2, 0.25) is 0 Å². The number of furan rings is 1. The topological polar surface area (TPSA) is 74.7 Å². The fraction of sp³-hybridized carbons (Fsp3) is 0.400. The lowest BCUT2D eigenvalue weighted by atomic mass is 10.1. The van der Waals surface area contributed by atoms with Gasteiger partial charge in [0.05, 0.1) is 6.26 Å². The molecule has 0 spiro atoms. The van der Waals surface area contributed by atoms with E-state index in [4.69, 9.17) is 4.42 Å². The second-order valence-electron chi connectivity index (χ2n) is 5.07. The van der Waals surface area contributed by atoms with Gasteiger partial charge >= 0.3 is 0 Å². The summed E-state index contributed by atoms with van der Waals surface area (Å²) in [7, 11) is 0. The lowest BCUT2D eigenvalue weighted by Gasteiger charge is -2.12. The zero-order valence-corrected chi connectivity index (χ0v) is 11.2. The molecule has 1 saturated carbocycles. The minimum atomic E-state index is 0.445. The highest BCUT2D eigenvalue weighted by Gasteiger charge is 2.18. The molecule has 1 N–H and O–H groups in total. The molecule has 0 aromatic carbocycles. The first kappa shape index (κ1) is 12.7. The van der Waals surface area contributed by atoms with E-state index in [2.05, 4.69) is 21.4 Å². The molecule has 0 aliphatic heterocycles. The van der Waals surface area contributed by atoms with Gasteiger partial charge in [-0.1, -0.05) is 12.8 Å². The Morgan fingerprint density at radius 2 is 2.20 bits per heavy atom. The second kappa shape index (κ2) is 5.74. The average molecular weight is 268 g/mol. The summed E-state index contributed by atoms with van der Waals surface area (Å²) in [5.74, 6) is 1.87. The highest BCUT2D eigenvalue weighted by Crippen LogP contribution is 2.27. The SMILES string of the molecule is N#Cc1c(NCC2CCCC2)ncnc1-c1ccco1. The van der Waals surface area contributed by atoms with Crippen molar-refractivity contribution in [3.05, 3.63) is 30.3 Å². The van der Waals surface area contributed by atoms with E-state index in [-0.39, 0.29) is 0 Å². The van der Waals surface area contributed by atoms with E-state index in [1.807, 2.05) is 0 Å². The van der Waals surface area contributed by atoms with Crippen LogP contribution in [0.15, 0.2) is 29.1 Å². The molecule has 0 amide bonds. The van der Waals surface area contributed by atoms with E-state index in [0.717, 1.165) is 6.54 Å². The van der Waals surface area contributed by atoms with E-state index in [1.54, 1.807) is 18.4 Å². The highest BCUT2D eigenvalue weighted by atomic mass is 16.3. The Morgan fingerprint density at radius 1 is 1.35 bits per heavy atom. The summed E-state index contributed by atoms with van der Waals surface area (Å²) in [6.45, 7) is 0.864. The highest BCUT2D eigenvalue weighted by molar-refractivity contribution is 5.69. The van der Waals surface area contributed by atoms with Crippen molar-refractivity contribution in [3.8, 4) is 17.5 Å². The van der Waals surface area contributed by atoms with Crippen molar-refractivity contribution in [1.82, 2.24) is 9.97 Å². The Hall–Kier alpha value is -2.35. The van der Waals surface area contributed by atoms with Gasteiger partial charge in [-0.3, -0.25) is 0 Å². The van der Waals surface area contributed by atoms with E-state index < -0.39 is 0 Å². The van der Waals surface area contributed by atoms with Crippen LogP contribution in [-0.2, 0) is 0 Å². The van der Waals surface area contributed by atoms with Gasteiger partial charge in [0.25, 0.3) is 0 Å². The standard InChI is InChI=1S/C15H16N4O/c16-8-12-14(13-6-3-7-20-13)18-10-19-15(12)17-9-11-4-1-2-5-11/h3,6-7,10-11H,1-2,4-5,9H2,(H,17,18,19). The third kappa shape index (κ3) is 2.50. The Bertz CT molecular complexity index is 609. The zero-order valence-electron chi connectivity index (χ0n) is 11.2. The summed E-state index contributed by atoms with van der Waals surface area (Å²) in [5.41, 5.74) is 0.988. The molecule has 1 aliphatic rings. The maximum absolute atomic E-state index is 9.38. The van der Waals surface area contributed by atoms with Crippen LogP contribution < -0.4 is 5.32 Å². The number of anilines is 1. The van der Waals surface area contributed by atoms with Crippen molar-refractivity contribution < 1.29 is 4.42 Å². The zero-order chi connectivity index (χ0) is 13.8. The van der Waals surface area contributed by atoms with Crippen molar-refractivity contribution in [3.63, 3.8) is 0 Å². The van der Waals surface area contributed by atoms with Crippen LogP contribution in [0.1, 0.15) is 31.2 Å². The van der Waals surface area contributed by atoms with Gasteiger partial charge in [-0.05, 0) is 30.9 Å². The number of hydrogen-bond acceptors (Lipinski definition) is 5. The Balaban J connectivity index is 1.83. The van der Waals surface area contributed by atoms with Crippen molar-refractivity contribution in [2.75, 3.05) is 11.9 Å². The molecule has 3 rings (SSSR count). The van der Waals surface area contributed by atoms with Gasteiger partial charge in [-0.15, -0.1) is 0 Å². The third-order valence-electron chi connectivity index (χ3n) is 3.75. The van der Waals surface area contributed by atoms with Crippen LogP contribution >= 0.6 is 0 Å². The molecule has 0 unspecified atom stereocenters. The molecule has 0 radical (unpaired) electrons. The Labute approximate surface area is 117 Å². The lowest BCUT2D eigenvalue weighted by molar-refractivity contribution is 0.576. The molecule has 2 heterocycles. The minimum Gasteiger partial charge on any atom is -0.463 e. The first-order valence-corrected chi connectivity index (χ1v) is 6.91. The molecule has 0 atom stereocenters. The molecular weight excluding hydrogens is 252 g/mol. The van der Waals surface area contributed by atoms with Gasteiger partial charge in [-0.25, -0.2) is 9.97 Å². The quantitative estimate of drug-likeness (QED) is 0.921. The van der Waals surface area contributed by atoms with Crippen LogP contribution in [0.25, 0.3) is 11.5 Å². The lowest BCUT2D eigenvalue weighted by Crippen LogP contribution is -2.13. The number of nitriles is 1. The maximum atomic E-state index is 9.38. The molecule has 2 aromatic rings. The molecule has 5 nitrogen and oxygen atoms in total. The first-order chi connectivity index (χ1) is 9.88. The number of rotatable bonds is 4. The van der Waals surface area contributed by atoms with Gasteiger partial charge in [0, 0.05) is 6.54 Å². The van der Waals surface area contributed by atoms with Crippen molar-refractivity contribution in [2.45, 2.75) is 25.7 Å². The maximum Gasteiger partial charge on any atom is 0.153 e. The summed E-state index contributed by atoms with van der Waals surface area (Å²) < 4.78 is 5.33. The van der Waals surface area contributed by atoms with E-state index in [9.17, 15) is 5.26 Å². The summed E-state index contributed by atoms with van der Waals surface area (Å²) in [5, 5.41) is 12.7. The van der Waals surface area contributed by atoms with Crippen molar-refractivity contribution >= 4 is 5.82 Å². The fourth-order valence-electron chi connectivity index (χ4n) is 2.68. The fourth-order valence-corrected chi connectivity index (χ4v) is 2.68. The average Bonchev–Trinajstić information content (AvgIpc) is 3.17. The van der Waals surface area contributed by atoms with Gasteiger partial charge in [0.15, 0.2) is 5.76 Å². The number of nitrogens with zero attached hydrogens (tertiary/aromatic N) is 3. The molecule has 1 aliphatic carbocycles. The van der Waals surface area contributed by atoms with E-state index in [0.29, 0.717) is 28.8 Å². The molecule has 102 valence electrons. The van der Waals surface area contributed by atoms with Crippen LogP contribution in [0.5, 0.6) is 0 Å². The summed E-state index contributed by atoms with van der Waals surface area (Å²) in [6, 6.07) is 5.76. The van der Waals surface area contributed by atoms with Crippen LogP contribution in [0, 0.1) is 17.2 Å². The third-order valence-corrected chi connectivity index (χ3v) is 3.75. The molecule has 2 aromatic heterocycles. The smallest absolute Gasteiger partial charge is 0.153 e. The first-order valence-electron chi connectivity index (χ1n) is 6.91.